The van der Waals surface area contributed by atoms with E-state index in [4.69, 9.17) is 4.74 Å². The van der Waals surface area contributed by atoms with E-state index in [0.29, 0.717) is 26.1 Å². The Morgan fingerprint density at radius 3 is 2.59 bits per heavy atom. The lowest BCUT2D eigenvalue weighted by molar-refractivity contribution is 0.303. The lowest BCUT2D eigenvalue weighted by atomic mass is 10.1. The molecule has 0 bridgehead atoms. The molecule has 0 saturated carbocycles. The molecule has 0 spiro atoms. The molecule has 7 nitrogen and oxygen atoms in total. The van der Waals surface area contributed by atoms with Crippen molar-refractivity contribution in [2.75, 3.05) is 39.0 Å². The molecule has 2 N–H and O–H groups in total. The standard InChI is InChI=1S/C20H34N4O3S.HI/c1-4-16-28(25,26)24-13-10-18(11-14-24)23-20(21-3)22-12-7-15-27-19-9-6-5-8-17(19)2;/h5-6,8-9,18H,4,7,10-16H2,1-3H3,(H2,21,22,23);1H. The predicted molar refractivity (Wildman–Crippen MR) is 130 cm³/mol. The fourth-order valence-corrected chi connectivity index (χ4v) is 4.77. The van der Waals surface area contributed by atoms with Crippen LogP contribution in [0.15, 0.2) is 29.3 Å². The molecule has 29 heavy (non-hydrogen) atoms. The smallest absolute Gasteiger partial charge is 0.214 e. The Hall–Kier alpha value is -1.07. The minimum absolute atomic E-state index is 0. The summed E-state index contributed by atoms with van der Waals surface area (Å²) in [5.74, 6) is 1.92. The molecule has 1 heterocycles. The van der Waals surface area contributed by atoms with Crippen LogP contribution in [0.2, 0.25) is 0 Å². The Bertz CT molecular complexity index is 735. The fourth-order valence-electron chi connectivity index (χ4n) is 3.23. The zero-order valence-corrected chi connectivity index (χ0v) is 20.8. The molecule has 1 fully saturated rings. The summed E-state index contributed by atoms with van der Waals surface area (Å²) in [6.45, 7) is 6.48. The van der Waals surface area contributed by atoms with E-state index in [9.17, 15) is 8.42 Å². The molecule has 0 aliphatic carbocycles. The highest BCUT2D eigenvalue weighted by Crippen LogP contribution is 2.16. The first kappa shape index (κ1) is 26.0. The minimum atomic E-state index is -3.09. The van der Waals surface area contributed by atoms with Crippen LogP contribution in [0.25, 0.3) is 0 Å². The average Bonchev–Trinajstić information content (AvgIpc) is 2.68. The quantitative estimate of drug-likeness (QED) is 0.219. The van der Waals surface area contributed by atoms with Gasteiger partial charge in [0.05, 0.1) is 12.4 Å². The zero-order valence-electron chi connectivity index (χ0n) is 17.7. The van der Waals surface area contributed by atoms with Crippen LogP contribution >= 0.6 is 24.0 Å². The van der Waals surface area contributed by atoms with Crippen LogP contribution in [-0.4, -0.2) is 63.8 Å². The summed E-state index contributed by atoms with van der Waals surface area (Å²) in [4.78, 5) is 4.27. The number of ether oxygens (including phenoxy) is 1. The number of piperidine rings is 1. The largest absolute Gasteiger partial charge is 0.493 e. The first-order valence-corrected chi connectivity index (χ1v) is 11.7. The van der Waals surface area contributed by atoms with Crippen LogP contribution in [0.5, 0.6) is 5.75 Å². The van der Waals surface area contributed by atoms with Crippen LogP contribution in [0.3, 0.4) is 0 Å². The molecule has 1 aliphatic heterocycles. The molecule has 1 aromatic carbocycles. The maximum absolute atomic E-state index is 12.2. The van der Waals surface area contributed by atoms with Gasteiger partial charge in [-0.3, -0.25) is 4.99 Å². The SMILES string of the molecule is CCCS(=O)(=O)N1CCC(NC(=NC)NCCCOc2ccccc2C)CC1.I. The molecule has 0 radical (unpaired) electrons. The van der Waals surface area contributed by atoms with Crippen LogP contribution in [0.4, 0.5) is 0 Å². The van der Waals surface area contributed by atoms with Gasteiger partial charge < -0.3 is 15.4 Å². The molecule has 2 rings (SSSR count). The summed E-state index contributed by atoms with van der Waals surface area (Å²) in [7, 11) is -1.34. The van der Waals surface area contributed by atoms with Gasteiger partial charge in [0.1, 0.15) is 5.75 Å². The summed E-state index contributed by atoms with van der Waals surface area (Å²) in [6.07, 6.45) is 3.10. The molecule has 1 aliphatic rings. The predicted octanol–water partition coefficient (Wildman–Crippen LogP) is 2.75. The first-order chi connectivity index (χ1) is 13.5. The molecule has 9 heteroatoms. The van der Waals surface area contributed by atoms with Gasteiger partial charge in [0.2, 0.25) is 10.0 Å². The van der Waals surface area contributed by atoms with Gasteiger partial charge in [0.15, 0.2) is 5.96 Å². The number of benzene rings is 1. The van der Waals surface area contributed by atoms with Gasteiger partial charge in [-0.1, -0.05) is 25.1 Å². The molecule has 166 valence electrons. The van der Waals surface area contributed by atoms with Crippen molar-refractivity contribution in [2.24, 2.45) is 4.99 Å². The van der Waals surface area contributed by atoms with Gasteiger partial charge in [-0.05, 0) is 44.2 Å². The maximum Gasteiger partial charge on any atom is 0.214 e. The van der Waals surface area contributed by atoms with Gasteiger partial charge in [0, 0.05) is 32.7 Å². The summed E-state index contributed by atoms with van der Waals surface area (Å²) in [5, 5.41) is 6.71. The van der Waals surface area contributed by atoms with Gasteiger partial charge in [-0.15, -0.1) is 24.0 Å². The second kappa shape index (κ2) is 13.3. The monoisotopic (exact) mass is 538 g/mol. The molecule has 0 aromatic heterocycles. The fraction of sp³-hybridized carbons (Fsp3) is 0.650. The number of rotatable bonds is 9. The second-order valence-electron chi connectivity index (χ2n) is 7.10. The summed E-state index contributed by atoms with van der Waals surface area (Å²) in [5.41, 5.74) is 1.14. The van der Waals surface area contributed by atoms with Crippen molar-refractivity contribution < 1.29 is 13.2 Å². The van der Waals surface area contributed by atoms with Crippen molar-refractivity contribution in [1.29, 1.82) is 0 Å². The number of nitrogens with one attached hydrogen (secondary N) is 2. The van der Waals surface area contributed by atoms with Gasteiger partial charge >= 0.3 is 0 Å². The van der Waals surface area contributed by atoms with Crippen molar-refractivity contribution in [1.82, 2.24) is 14.9 Å². The van der Waals surface area contributed by atoms with Gasteiger partial charge in [-0.25, -0.2) is 12.7 Å². The number of hydrogen-bond acceptors (Lipinski definition) is 4. The van der Waals surface area contributed by atoms with E-state index in [-0.39, 0.29) is 35.8 Å². The molecule has 0 unspecified atom stereocenters. The van der Waals surface area contributed by atoms with Crippen molar-refractivity contribution in [3.05, 3.63) is 29.8 Å². The zero-order chi connectivity index (χ0) is 20.4. The third kappa shape index (κ3) is 8.67. The number of nitrogens with zero attached hydrogens (tertiary/aromatic N) is 2. The Labute approximate surface area is 192 Å². The first-order valence-electron chi connectivity index (χ1n) is 10.1. The van der Waals surface area contributed by atoms with Crippen molar-refractivity contribution >= 4 is 40.0 Å². The van der Waals surface area contributed by atoms with Crippen LogP contribution in [0, 0.1) is 6.92 Å². The van der Waals surface area contributed by atoms with E-state index in [1.165, 1.54) is 0 Å². The van der Waals surface area contributed by atoms with E-state index in [1.54, 1.807) is 11.4 Å². The highest BCUT2D eigenvalue weighted by atomic mass is 127. The summed E-state index contributed by atoms with van der Waals surface area (Å²) < 4.78 is 31.7. The number of guanidine groups is 1. The van der Waals surface area contributed by atoms with Crippen LogP contribution in [0.1, 0.15) is 38.2 Å². The van der Waals surface area contributed by atoms with Crippen LogP contribution in [-0.2, 0) is 10.0 Å². The lowest BCUT2D eigenvalue weighted by Gasteiger charge is -2.32. The molecule has 0 atom stereocenters. The Morgan fingerprint density at radius 2 is 1.97 bits per heavy atom. The average molecular weight is 538 g/mol. The van der Waals surface area contributed by atoms with Crippen molar-refractivity contribution in [3.8, 4) is 5.75 Å². The van der Waals surface area contributed by atoms with E-state index in [0.717, 1.165) is 43.1 Å². The van der Waals surface area contributed by atoms with Gasteiger partial charge in [-0.2, -0.15) is 0 Å². The number of aryl methyl sites for hydroxylation is 1. The topological polar surface area (TPSA) is 83.0 Å². The molecule has 0 amide bonds. The van der Waals surface area contributed by atoms with E-state index < -0.39 is 10.0 Å². The number of halogens is 1. The lowest BCUT2D eigenvalue weighted by Crippen LogP contribution is -2.50. The minimum Gasteiger partial charge on any atom is -0.493 e. The Kier molecular flexibility index (Phi) is 11.9. The molecule has 1 aromatic rings. The van der Waals surface area contributed by atoms with Gasteiger partial charge in [0.25, 0.3) is 0 Å². The maximum atomic E-state index is 12.2. The molecular formula is C20H35IN4O3S. The normalized spacial score (nSPS) is 16.2. The highest BCUT2D eigenvalue weighted by molar-refractivity contribution is 14.0. The van der Waals surface area contributed by atoms with Crippen LogP contribution < -0.4 is 15.4 Å². The Morgan fingerprint density at radius 1 is 1.28 bits per heavy atom. The number of sulfonamides is 1. The number of aliphatic imine (C=N–C) groups is 1. The summed E-state index contributed by atoms with van der Waals surface area (Å²) >= 11 is 0. The van der Waals surface area contributed by atoms with E-state index in [2.05, 4.69) is 15.6 Å². The summed E-state index contributed by atoms with van der Waals surface area (Å²) in [6, 6.07) is 8.24. The second-order valence-corrected chi connectivity index (χ2v) is 9.19. The van der Waals surface area contributed by atoms with Crippen molar-refractivity contribution in [2.45, 2.75) is 45.6 Å². The third-order valence-corrected chi connectivity index (χ3v) is 6.91. The number of para-hydroxylation sites is 1. The third-order valence-electron chi connectivity index (χ3n) is 4.84. The molecular weight excluding hydrogens is 503 g/mol. The number of hydrogen-bond donors (Lipinski definition) is 2. The van der Waals surface area contributed by atoms with Crippen molar-refractivity contribution in [3.63, 3.8) is 0 Å². The Balaban J connectivity index is 0.00000420. The van der Waals surface area contributed by atoms with E-state index >= 15 is 0 Å². The highest BCUT2D eigenvalue weighted by Gasteiger charge is 2.27. The van der Waals surface area contributed by atoms with E-state index in [1.807, 2.05) is 38.1 Å². The molecule has 1 saturated heterocycles.